The predicted molar refractivity (Wildman–Crippen MR) is 82.2 cm³/mol. The second-order valence-corrected chi connectivity index (χ2v) is 6.45. The number of aromatic nitrogens is 1. The van der Waals surface area contributed by atoms with Crippen molar-refractivity contribution in [3.05, 3.63) is 54.3 Å². The number of benzene rings is 2. The third-order valence-corrected chi connectivity index (χ3v) is 4.82. The molecule has 102 valence electrons. The lowest BCUT2D eigenvalue weighted by atomic mass is 10.3. The summed E-state index contributed by atoms with van der Waals surface area (Å²) in [7, 11) is 0. The number of hydrogen-bond donors (Lipinski definition) is 0. The number of thioether (sulfide) groups is 1. The molecule has 0 radical (unpaired) electrons. The molecular weight excluding hydrogens is 293 g/mol. The van der Waals surface area contributed by atoms with Crippen molar-refractivity contribution in [2.75, 3.05) is 12.4 Å². The van der Waals surface area contributed by atoms with Crippen molar-refractivity contribution in [3.63, 3.8) is 0 Å². The van der Waals surface area contributed by atoms with E-state index in [0.717, 1.165) is 15.6 Å². The van der Waals surface area contributed by atoms with Crippen LogP contribution in [0.5, 0.6) is 5.75 Å². The first-order valence-electron chi connectivity index (χ1n) is 6.18. The summed E-state index contributed by atoms with van der Waals surface area (Å²) in [5.74, 6) is 0.726. The Morgan fingerprint density at radius 3 is 2.75 bits per heavy atom. The van der Waals surface area contributed by atoms with Gasteiger partial charge in [0.25, 0.3) is 0 Å². The van der Waals surface area contributed by atoms with E-state index in [2.05, 4.69) is 11.1 Å². The Labute approximate surface area is 124 Å². The SMILES string of the molecule is Fc1ccccc1OCCSc1nc2ccccc2s1. The fourth-order valence-corrected chi connectivity index (χ4v) is 3.71. The van der Waals surface area contributed by atoms with Crippen LogP contribution in [0.25, 0.3) is 10.2 Å². The van der Waals surface area contributed by atoms with Crippen molar-refractivity contribution >= 4 is 33.3 Å². The van der Waals surface area contributed by atoms with E-state index in [9.17, 15) is 4.39 Å². The molecule has 1 heterocycles. The molecule has 3 rings (SSSR count). The van der Waals surface area contributed by atoms with E-state index in [-0.39, 0.29) is 5.82 Å². The van der Waals surface area contributed by atoms with Crippen molar-refractivity contribution in [3.8, 4) is 5.75 Å². The van der Waals surface area contributed by atoms with Gasteiger partial charge in [0, 0.05) is 5.75 Å². The number of nitrogens with zero attached hydrogens (tertiary/aromatic N) is 1. The first kappa shape index (κ1) is 13.4. The minimum Gasteiger partial charge on any atom is -0.490 e. The van der Waals surface area contributed by atoms with Crippen LogP contribution in [-0.2, 0) is 0 Å². The third-order valence-electron chi connectivity index (χ3n) is 2.68. The van der Waals surface area contributed by atoms with Crippen LogP contribution in [0, 0.1) is 5.82 Å². The van der Waals surface area contributed by atoms with Crippen LogP contribution in [0.15, 0.2) is 52.9 Å². The molecule has 5 heteroatoms. The monoisotopic (exact) mass is 305 g/mol. The second kappa shape index (κ2) is 6.24. The summed E-state index contributed by atoms with van der Waals surface area (Å²) in [6, 6.07) is 14.5. The van der Waals surface area contributed by atoms with Crippen LogP contribution >= 0.6 is 23.1 Å². The van der Waals surface area contributed by atoms with Gasteiger partial charge in [-0.25, -0.2) is 9.37 Å². The maximum absolute atomic E-state index is 13.3. The molecule has 0 saturated carbocycles. The van der Waals surface area contributed by atoms with Crippen molar-refractivity contribution < 1.29 is 9.13 Å². The van der Waals surface area contributed by atoms with Gasteiger partial charge in [-0.05, 0) is 24.3 Å². The Kier molecular flexibility index (Phi) is 4.18. The Morgan fingerprint density at radius 2 is 1.90 bits per heavy atom. The van der Waals surface area contributed by atoms with Gasteiger partial charge in [-0.1, -0.05) is 36.0 Å². The van der Waals surface area contributed by atoms with Gasteiger partial charge >= 0.3 is 0 Å². The molecule has 0 aliphatic rings. The summed E-state index contributed by atoms with van der Waals surface area (Å²) in [5, 5.41) is 0. The highest BCUT2D eigenvalue weighted by Crippen LogP contribution is 2.29. The van der Waals surface area contributed by atoms with Crippen LogP contribution in [0.3, 0.4) is 0 Å². The van der Waals surface area contributed by atoms with Crippen molar-refractivity contribution in [2.45, 2.75) is 4.34 Å². The van der Waals surface area contributed by atoms with Crippen LogP contribution in [-0.4, -0.2) is 17.3 Å². The lowest BCUT2D eigenvalue weighted by Crippen LogP contribution is -2.01. The molecule has 2 nitrogen and oxygen atoms in total. The molecule has 0 bridgehead atoms. The zero-order valence-electron chi connectivity index (χ0n) is 10.6. The summed E-state index contributed by atoms with van der Waals surface area (Å²) in [6.07, 6.45) is 0. The first-order chi connectivity index (χ1) is 9.83. The largest absolute Gasteiger partial charge is 0.490 e. The Bertz CT molecular complexity index is 681. The quantitative estimate of drug-likeness (QED) is 0.508. The lowest BCUT2D eigenvalue weighted by Gasteiger charge is -2.05. The predicted octanol–water partition coefficient (Wildman–Crippen LogP) is 4.61. The Balaban J connectivity index is 1.54. The fourth-order valence-electron chi connectivity index (χ4n) is 1.76. The van der Waals surface area contributed by atoms with Crippen LogP contribution in [0.2, 0.25) is 0 Å². The molecule has 0 N–H and O–H groups in total. The normalized spacial score (nSPS) is 10.8. The third kappa shape index (κ3) is 3.11. The molecule has 0 spiro atoms. The molecule has 1 aromatic heterocycles. The van der Waals surface area contributed by atoms with Gasteiger partial charge in [0.2, 0.25) is 0 Å². The zero-order chi connectivity index (χ0) is 13.8. The molecule has 0 atom stereocenters. The van der Waals surface area contributed by atoms with Gasteiger partial charge < -0.3 is 4.74 Å². The topological polar surface area (TPSA) is 22.1 Å². The van der Waals surface area contributed by atoms with Gasteiger partial charge in [0.1, 0.15) is 0 Å². The van der Waals surface area contributed by atoms with Gasteiger partial charge in [-0.2, -0.15) is 0 Å². The fraction of sp³-hybridized carbons (Fsp3) is 0.133. The van der Waals surface area contributed by atoms with E-state index in [1.165, 1.54) is 10.8 Å². The van der Waals surface area contributed by atoms with Gasteiger partial charge in [-0.15, -0.1) is 11.3 Å². The minimum atomic E-state index is -0.322. The molecule has 20 heavy (non-hydrogen) atoms. The molecular formula is C15H12FNOS2. The standard InChI is InChI=1S/C15H12FNOS2/c16-11-5-1-3-7-13(11)18-9-10-19-15-17-12-6-2-4-8-14(12)20-15/h1-8H,9-10H2. The van der Waals surface area contributed by atoms with Crippen molar-refractivity contribution in [1.82, 2.24) is 4.98 Å². The zero-order valence-corrected chi connectivity index (χ0v) is 12.2. The number of thiazole rings is 1. The molecule has 0 amide bonds. The van der Waals surface area contributed by atoms with Crippen LogP contribution in [0.1, 0.15) is 0 Å². The molecule has 0 saturated heterocycles. The number of rotatable bonds is 5. The molecule has 0 aliphatic heterocycles. The highest BCUT2D eigenvalue weighted by Gasteiger charge is 2.05. The van der Waals surface area contributed by atoms with E-state index < -0.39 is 0 Å². The van der Waals surface area contributed by atoms with Crippen LogP contribution in [0.4, 0.5) is 4.39 Å². The Hall–Kier alpha value is -1.59. The summed E-state index contributed by atoms with van der Waals surface area (Å²) in [5.41, 5.74) is 1.02. The highest BCUT2D eigenvalue weighted by molar-refractivity contribution is 8.01. The lowest BCUT2D eigenvalue weighted by molar-refractivity contribution is 0.325. The number of ether oxygens (including phenoxy) is 1. The number of hydrogen-bond acceptors (Lipinski definition) is 4. The smallest absolute Gasteiger partial charge is 0.165 e. The van der Waals surface area contributed by atoms with Gasteiger partial charge in [-0.3, -0.25) is 0 Å². The van der Waals surface area contributed by atoms with Crippen molar-refractivity contribution in [2.24, 2.45) is 0 Å². The van der Waals surface area contributed by atoms with Gasteiger partial charge in [0.15, 0.2) is 15.9 Å². The van der Waals surface area contributed by atoms with Gasteiger partial charge in [0.05, 0.1) is 16.8 Å². The van der Waals surface area contributed by atoms with Crippen LogP contribution < -0.4 is 4.74 Å². The maximum Gasteiger partial charge on any atom is 0.165 e. The van der Waals surface area contributed by atoms with Crippen molar-refractivity contribution in [1.29, 1.82) is 0 Å². The first-order valence-corrected chi connectivity index (χ1v) is 7.99. The molecule has 0 fully saturated rings. The number of para-hydroxylation sites is 2. The van der Waals surface area contributed by atoms with E-state index in [4.69, 9.17) is 4.74 Å². The number of fused-ring (bicyclic) bond motifs is 1. The molecule has 2 aromatic carbocycles. The maximum atomic E-state index is 13.3. The molecule has 0 aliphatic carbocycles. The van der Waals surface area contributed by atoms with E-state index in [0.29, 0.717) is 12.4 Å². The summed E-state index contributed by atoms with van der Waals surface area (Å²) in [6.45, 7) is 0.460. The van der Waals surface area contributed by atoms with E-state index >= 15 is 0 Å². The Morgan fingerprint density at radius 1 is 1.10 bits per heavy atom. The average molecular weight is 305 g/mol. The summed E-state index contributed by atoms with van der Waals surface area (Å²) < 4.78 is 21.0. The van der Waals surface area contributed by atoms with E-state index in [1.54, 1.807) is 41.3 Å². The number of halogens is 1. The molecule has 0 unspecified atom stereocenters. The highest BCUT2D eigenvalue weighted by atomic mass is 32.2. The second-order valence-electron chi connectivity index (χ2n) is 4.07. The summed E-state index contributed by atoms with van der Waals surface area (Å²) in [4.78, 5) is 4.53. The van der Waals surface area contributed by atoms with E-state index in [1.807, 2.05) is 18.2 Å². The molecule has 3 aromatic rings. The summed E-state index contributed by atoms with van der Waals surface area (Å²) >= 11 is 3.30. The average Bonchev–Trinajstić information content (AvgIpc) is 2.88. The minimum absolute atomic E-state index is 0.303.